The number of pyridine rings is 1. The summed E-state index contributed by atoms with van der Waals surface area (Å²) in [4.78, 5) is 47.2. The van der Waals surface area contributed by atoms with Crippen molar-refractivity contribution in [1.82, 2.24) is 20.2 Å². The highest BCUT2D eigenvalue weighted by atomic mass is 32.1. The summed E-state index contributed by atoms with van der Waals surface area (Å²) in [7, 11) is 0. The highest BCUT2D eigenvalue weighted by Crippen LogP contribution is 2.38. The van der Waals surface area contributed by atoms with Gasteiger partial charge in [0.2, 0.25) is 5.91 Å². The lowest BCUT2D eigenvalue weighted by Gasteiger charge is -2.36. The average molecular weight is 399 g/mol. The van der Waals surface area contributed by atoms with Gasteiger partial charge in [0.05, 0.1) is 5.69 Å². The number of rotatable bonds is 4. The number of hydrogen-bond donors (Lipinski definition) is 2. The summed E-state index contributed by atoms with van der Waals surface area (Å²) >= 11 is 1.28. The Kier molecular flexibility index (Phi) is 4.84. The van der Waals surface area contributed by atoms with E-state index in [1.807, 2.05) is 24.4 Å². The van der Waals surface area contributed by atoms with Crippen molar-refractivity contribution in [3.8, 4) is 11.3 Å². The first-order valence-corrected chi connectivity index (χ1v) is 10.2. The fourth-order valence-electron chi connectivity index (χ4n) is 3.92. The summed E-state index contributed by atoms with van der Waals surface area (Å²) in [5.74, 6) is -0.682. The lowest BCUT2D eigenvalue weighted by Crippen LogP contribution is -2.54. The molecule has 1 saturated heterocycles. The Hall–Kier alpha value is -2.81. The van der Waals surface area contributed by atoms with Crippen LogP contribution < -0.4 is 10.6 Å². The van der Waals surface area contributed by atoms with E-state index >= 15 is 0 Å². The van der Waals surface area contributed by atoms with Gasteiger partial charge in [0.15, 0.2) is 5.13 Å². The minimum Gasteiger partial charge on any atom is -0.323 e. The molecule has 28 heavy (non-hydrogen) atoms. The molecule has 4 amide bonds. The first kappa shape index (κ1) is 18.5. The number of carbonyl (C=O) groups excluding carboxylic acids is 3. The second-order valence-corrected chi connectivity index (χ2v) is 8.13. The van der Waals surface area contributed by atoms with E-state index in [0.29, 0.717) is 17.2 Å². The Morgan fingerprint density at radius 2 is 2.29 bits per heavy atom. The average Bonchev–Trinajstić information content (AvgIpc) is 3.24. The maximum atomic E-state index is 12.9. The number of nitrogens with zero attached hydrogens (tertiary/aromatic N) is 3. The lowest BCUT2D eigenvalue weighted by atomic mass is 9.73. The van der Waals surface area contributed by atoms with E-state index in [-0.39, 0.29) is 18.4 Å². The predicted octanol–water partition coefficient (Wildman–Crippen LogP) is 2.64. The molecule has 1 aliphatic heterocycles. The highest BCUT2D eigenvalue weighted by molar-refractivity contribution is 7.14. The number of hydrogen-bond acceptors (Lipinski definition) is 6. The van der Waals surface area contributed by atoms with Crippen molar-refractivity contribution in [1.29, 1.82) is 0 Å². The molecule has 146 valence electrons. The fraction of sp³-hybridized carbons (Fsp3) is 0.421. The number of nitrogens with one attached hydrogen (secondary N) is 2. The number of aromatic nitrogens is 2. The minimum absolute atomic E-state index is 0.0618. The van der Waals surface area contributed by atoms with E-state index in [1.165, 1.54) is 11.3 Å². The van der Waals surface area contributed by atoms with Crippen LogP contribution in [-0.4, -0.2) is 44.8 Å². The summed E-state index contributed by atoms with van der Waals surface area (Å²) in [5.41, 5.74) is 0.699. The third-order valence-electron chi connectivity index (χ3n) is 5.51. The number of amides is 4. The van der Waals surface area contributed by atoms with Gasteiger partial charge < -0.3 is 10.6 Å². The molecule has 1 aliphatic carbocycles. The molecule has 1 spiro atoms. The minimum atomic E-state index is -0.857. The van der Waals surface area contributed by atoms with E-state index in [9.17, 15) is 14.4 Å². The van der Waals surface area contributed by atoms with Crippen LogP contribution in [0.4, 0.5) is 9.93 Å². The standard InChI is InChI=1S/C19H21N5O3S/c1-12-5-2-3-7-19(12)16(26)24(18(27)23-19)10-15(25)22-17-21-14(11-28-17)13-6-4-8-20-9-13/h4,6,8-9,11-12H,2-3,5,7,10H2,1H3,(H,23,27)(H,21,22,25)/t12-,19-/m0/s1. The van der Waals surface area contributed by atoms with Crippen LogP contribution in [0, 0.1) is 5.92 Å². The van der Waals surface area contributed by atoms with E-state index in [2.05, 4.69) is 20.6 Å². The van der Waals surface area contributed by atoms with Gasteiger partial charge in [0.1, 0.15) is 12.1 Å². The monoisotopic (exact) mass is 399 g/mol. The Morgan fingerprint density at radius 3 is 3.04 bits per heavy atom. The molecule has 1 saturated carbocycles. The summed E-state index contributed by atoms with van der Waals surface area (Å²) in [5, 5.41) is 7.76. The molecule has 2 aromatic rings. The summed E-state index contributed by atoms with van der Waals surface area (Å²) in [6.45, 7) is 1.66. The molecule has 0 radical (unpaired) electrons. The topological polar surface area (TPSA) is 104 Å². The van der Waals surface area contributed by atoms with Crippen LogP contribution in [0.25, 0.3) is 11.3 Å². The molecular weight excluding hydrogens is 378 g/mol. The van der Waals surface area contributed by atoms with Crippen LogP contribution in [0.5, 0.6) is 0 Å². The largest absolute Gasteiger partial charge is 0.325 e. The summed E-state index contributed by atoms with van der Waals surface area (Å²) in [6, 6.07) is 3.20. The van der Waals surface area contributed by atoms with Gasteiger partial charge in [-0.3, -0.25) is 19.5 Å². The molecule has 4 rings (SSSR count). The molecule has 2 fully saturated rings. The molecule has 9 heteroatoms. The maximum Gasteiger partial charge on any atom is 0.325 e. The molecule has 2 atom stereocenters. The first-order chi connectivity index (χ1) is 13.5. The Balaban J connectivity index is 1.42. The zero-order valence-corrected chi connectivity index (χ0v) is 16.3. The maximum absolute atomic E-state index is 12.9. The van der Waals surface area contributed by atoms with Gasteiger partial charge in [-0.05, 0) is 30.9 Å². The van der Waals surface area contributed by atoms with Crippen LogP contribution in [0.1, 0.15) is 32.6 Å². The van der Waals surface area contributed by atoms with Crippen molar-refractivity contribution in [2.24, 2.45) is 5.92 Å². The van der Waals surface area contributed by atoms with Crippen LogP contribution in [0.2, 0.25) is 0 Å². The smallest absolute Gasteiger partial charge is 0.323 e. The van der Waals surface area contributed by atoms with Crippen molar-refractivity contribution in [2.75, 3.05) is 11.9 Å². The van der Waals surface area contributed by atoms with Crippen LogP contribution >= 0.6 is 11.3 Å². The normalized spacial score (nSPS) is 24.5. The molecule has 0 aromatic carbocycles. The Morgan fingerprint density at radius 1 is 1.43 bits per heavy atom. The first-order valence-electron chi connectivity index (χ1n) is 9.29. The quantitative estimate of drug-likeness (QED) is 0.769. The van der Waals surface area contributed by atoms with Crippen molar-refractivity contribution < 1.29 is 14.4 Å². The van der Waals surface area contributed by atoms with Crippen LogP contribution in [-0.2, 0) is 9.59 Å². The van der Waals surface area contributed by atoms with Crippen LogP contribution in [0.3, 0.4) is 0 Å². The zero-order chi connectivity index (χ0) is 19.7. The lowest BCUT2D eigenvalue weighted by molar-refractivity contribution is -0.136. The molecule has 0 unspecified atom stereocenters. The van der Waals surface area contributed by atoms with Gasteiger partial charge in [-0.25, -0.2) is 9.78 Å². The van der Waals surface area contributed by atoms with E-state index in [4.69, 9.17) is 0 Å². The summed E-state index contributed by atoms with van der Waals surface area (Å²) in [6.07, 6.45) is 6.83. The summed E-state index contributed by atoms with van der Waals surface area (Å²) < 4.78 is 0. The molecule has 2 aromatic heterocycles. The van der Waals surface area contributed by atoms with Gasteiger partial charge in [0, 0.05) is 23.3 Å². The van der Waals surface area contributed by atoms with Gasteiger partial charge >= 0.3 is 6.03 Å². The van der Waals surface area contributed by atoms with E-state index < -0.39 is 17.5 Å². The van der Waals surface area contributed by atoms with Gasteiger partial charge in [-0.15, -0.1) is 11.3 Å². The third-order valence-corrected chi connectivity index (χ3v) is 6.27. The molecular formula is C19H21N5O3S. The molecule has 8 nitrogen and oxygen atoms in total. The number of carbonyl (C=O) groups is 3. The molecule has 0 bridgehead atoms. The van der Waals surface area contributed by atoms with Crippen molar-refractivity contribution >= 4 is 34.3 Å². The SMILES string of the molecule is C[C@H]1CCCC[C@]12NC(=O)N(CC(=O)Nc1nc(-c3cccnc3)cs1)C2=O. The molecule has 2 aliphatic rings. The number of urea groups is 1. The van der Waals surface area contributed by atoms with Crippen molar-refractivity contribution in [3.05, 3.63) is 29.9 Å². The Bertz CT molecular complexity index is 915. The number of thiazole rings is 1. The fourth-order valence-corrected chi connectivity index (χ4v) is 4.66. The second kappa shape index (κ2) is 7.31. The molecule has 3 heterocycles. The molecule has 2 N–H and O–H groups in total. The highest BCUT2D eigenvalue weighted by Gasteiger charge is 2.55. The van der Waals surface area contributed by atoms with Gasteiger partial charge in [-0.1, -0.05) is 19.8 Å². The van der Waals surface area contributed by atoms with Gasteiger partial charge in [0.25, 0.3) is 5.91 Å². The zero-order valence-electron chi connectivity index (χ0n) is 15.5. The van der Waals surface area contributed by atoms with E-state index in [0.717, 1.165) is 29.7 Å². The third kappa shape index (κ3) is 3.26. The van der Waals surface area contributed by atoms with Crippen molar-refractivity contribution in [3.63, 3.8) is 0 Å². The van der Waals surface area contributed by atoms with Gasteiger partial charge in [-0.2, -0.15) is 0 Å². The van der Waals surface area contributed by atoms with Crippen molar-refractivity contribution in [2.45, 2.75) is 38.1 Å². The number of imide groups is 1. The number of anilines is 1. The predicted molar refractivity (Wildman–Crippen MR) is 105 cm³/mol. The Labute approximate surface area is 166 Å². The second-order valence-electron chi connectivity index (χ2n) is 7.27. The van der Waals surface area contributed by atoms with E-state index in [1.54, 1.807) is 12.4 Å². The van der Waals surface area contributed by atoms with Crippen LogP contribution in [0.15, 0.2) is 29.9 Å².